The smallest absolute Gasteiger partial charge is 0.242 e. The van der Waals surface area contributed by atoms with Crippen LogP contribution in [0.3, 0.4) is 0 Å². The summed E-state index contributed by atoms with van der Waals surface area (Å²) in [5.41, 5.74) is 3.01. The van der Waals surface area contributed by atoms with Gasteiger partial charge in [0.2, 0.25) is 11.8 Å². The number of amides is 2. The van der Waals surface area contributed by atoms with Crippen molar-refractivity contribution in [3.8, 4) is 0 Å². The summed E-state index contributed by atoms with van der Waals surface area (Å²) in [6, 6.07) is 15.1. The average Bonchev–Trinajstić information content (AvgIpc) is 2.74. The van der Waals surface area contributed by atoms with Gasteiger partial charge in [0.1, 0.15) is 6.04 Å². The van der Waals surface area contributed by atoms with E-state index in [4.69, 9.17) is 11.6 Å². The normalized spacial score (nSPS) is 15.4. The third kappa shape index (κ3) is 6.33. The van der Waals surface area contributed by atoms with Crippen molar-refractivity contribution in [3.63, 3.8) is 0 Å². The molecule has 1 atom stereocenters. The molecular formula is C25H31ClN2O2. The van der Waals surface area contributed by atoms with Crippen LogP contribution in [0.4, 0.5) is 0 Å². The van der Waals surface area contributed by atoms with Gasteiger partial charge in [0.15, 0.2) is 0 Å². The van der Waals surface area contributed by atoms with Crippen molar-refractivity contribution in [2.24, 2.45) is 0 Å². The Bertz CT molecular complexity index is 860. The fraction of sp³-hybridized carbons (Fsp3) is 0.440. The van der Waals surface area contributed by atoms with E-state index in [1.165, 1.54) is 6.42 Å². The third-order valence-corrected chi connectivity index (χ3v) is 6.07. The average molecular weight is 427 g/mol. The molecule has 0 bridgehead atoms. The number of nitrogens with zero attached hydrogens (tertiary/aromatic N) is 1. The lowest BCUT2D eigenvalue weighted by Gasteiger charge is -2.31. The van der Waals surface area contributed by atoms with E-state index >= 15 is 0 Å². The van der Waals surface area contributed by atoms with Crippen molar-refractivity contribution in [2.45, 2.75) is 71.0 Å². The SMILES string of the molecule is Cc1ccc(CC(=O)N(Cc2cccc(Cl)c2)[C@@H](C)C(=O)NC2CCCCC2)cc1. The second kappa shape index (κ2) is 10.6. The number of hydrogen-bond donors (Lipinski definition) is 1. The van der Waals surface area contributed by atoms with Crippen LogP contribution in [0.25, 0.3) is 0 Å². The Kier molecular flexibility index (Phi) is 7.92. The highest BCUT2D eigenvalue weighted by Gasteiger charge is 2.28. The maximum atomic E-state index is 13.2. The summed E-state index contributed by atoms with van der Waals surface area (Å²) < 4.78 is 0. The van der Waals surface area contributed by atoms with Crippen LogP contribution in [0.2, 0.25) is 5.02 Å². The minimum atomic E-state index is -0.552. The van der Waals surface area contributed by atoms with Gasteiger partial charge < -0.3 is 10.2 Å². The van der Waals surface area contributed by atoms with Crippen LogP contribution in [-0.4, -0.2) is 28.8 Å². The Hall–Kier alpha value is -2.33. The van der Waals surface area contributed by atoms with Gasteiger partial charge in [-0.1, -0.05) is 72.8 Å². The minimum Gasteiger partial charge on any atom is -0.352 e. The van der Waals surface area contributed by atoms with E-state index in [2.05, 4.69) is 5.32 Å². The second-order valence-electron chi connectivity index (χ2n) is 8.33. The largest absolute Gasteiger partial charge is 0.352 e. The van der Waals surface area contributed by atoms with E-state index in [1.807, 2.05) is 62.4 Å². The van der Waals surface area contributed by atoms with Crippen molar-refractivity contribution in [1.29, 1.82) is 0 Å². The molecule has 0 unspecified atom stereocenters. The van der Waals surface area contributed by atoms with Crippen molar-refractivity contribution in [3.05, 3.63) is 70.2 Å². The van der Waals surface area contributed by atoms with E-state index in [0.717, 1.165) is 42.4 Å². The van der Waals surface area contributed by atoms with Crippen molar-refractivity contribution >= 4 is 23.4 Å². The lowest BCUT2D eigenvalue weighted by atomic mass is 9.95. The standard InChI is InChI=1S/C25H31ClN2O2/c1-18-11-13-20(14-12-18)16-24(29)28(17-21-7-6-8-22(26)15-21)19(2)25(30)27-23-9-4-3-5-10-23/h6-8,11-15,19,23H,3-5,9-10,16-17H2,1-2H3,(H,27,30)/t19-/m0/s1. The minimum absolute atomic E-state index is 0.0647. The Morgan fingerprint density at radius 2 is 1.77 bits per heavy atom. The zero-order chi connectivity index (χ0) is 21.5. The number of nitrogens with one attached hydrogen (secondary N) is 1. The molecule has 3 rings (SSSR count). The highest BCUT2D eigenvalue weighted by molar-refractivity contribution is 6.30. The molecule has 5 heteroatoms. The van der Waals surface area contributed by atoms with Crippen molar-refractivity contribution in [2.75, 3.05) is 0 Å². The quantitative estimate of drug-likeness (QED) is 0.672. The maximum absolute atomic E-state index is 13.2. The van der Waals surface area contributed by atoms with Crippen molar-refractivity contribution in [1.82, 2.24) is 10.2 Å². The fourth-order valence-corrected chi connectivity index (χ4v) is 4.18. The van der Waals surface area contributed by atoms with Crippen LogP contribution < -0.4 is 5.32 Å². The number of carbonyl (C=O) groups excluding carboxylic acids is 2. The maximum Gasteiger partial charge on any atom is 0.242 e. The van der Waals surface area contributed by atoms with Crippen LogP contribution >= 0.6 is 11.6 Å². The molecule has 1 aliphatic rings. The van der Waals surface area contributed by atoms with Crippen LogP contribution in [0.5, 0.6) is 0 Å². The summed E-state index contributed by atoms with van der Waals surface area (Å²) in [6.45, 7) is 4.19. The van der Waals surface area contributed by atoms with Gasteiger partial charge in [-0.05, 0) is 49.9 Å². The predicted octanol–water partition coefficient (Wildman–Crippen LogP) is 5.06. The molecule has 0 heterocycles. The highest BCUT2D eigenvalue weighted by Crippen LogP contribution is 2.19. The molecule has 1 N–H and O–H groups in total. The van der Waals surface area contributed by atoms with Crippen LogP contribution in [0, 0.1) is 6.92 Å². The van der Waals surface area contributed by atoms with Crippen LogP contribution in [0.15, 0.2) is 48.5 Å². The first-order valence-corrected chi connectivity index (χ1v) is 11.2. The lowest BCUT2D eigenvalue weighted by Crippen LogP contribution is -2.50. The first-order chi connectivity index (χ1) is 14.4. The predicted molar refractivity (Wildman–Crippen MR) is 121 cm³/mol. The van der Waals surface area contributed by atoms with Gasteiger partial charge in [-0.25, -0.2) is 0 Å². The third-order valence-electron chi connectivity index (χ3n) is 5.84. The van der Waals surface area contributed by atoms with Crippen LogP contribution in [-0.2, 0) is 22.6 Å². The van der Waals surface area contributed by atoms with E-state index < -0.39 is 6.04 Å². The van der Waals surface area contributed by atoms with E-state index in [0.29, 0.717) is 11.6 Å². The number of benzene rings is 2. The Morgan fingerprint density at radius 3 is 2.43 bits per heavy atom. The number of halogens is 1. The van der Waals surface area contributed by atoms with E-state index in [-0.39, 0.29) is 24.3 Å². The molecule has 0 aliphatic heterocycles. The van der Waals surface area contributed by atoms with Crippen LogP contribution in [0.1, 0.15) is 55.7 Å². The summed E-state index contributed by atoms with van der Waals surface area (Å²) in [5, 5.41) is 3.79. The summed E-state index contributed by atoms with van der Waals surface area (Å²) in [6.07, 6.45) is 5.84. The van der Waals surface area contributed by atoms with Gasteiger partial charge in [0.25, 0.3) is 0 Å². The van der Waals surface area contributed by atoms with Gasteiger partial charge in [-0.3, -0.25) is 9.59 Å². The molecule has 30 heavy (non-hydrogen) atoms. The molecule has 1 aliphatic carbocycles. The molecule has 2 aromatic rings. The number of carbonyl (C=O) groups is 2. The summed E-state index contributed by atoms with van der Waals surface area (Å²) in [7, 11) is 0. The van der Waals surface area contributed by atoms with E-state index in [1.54, 1.807) is 4.90 Å². The van der Waals surface area contributed by atoms with Gasteiger partial charge >= 0.3 is 0 Å². The molecule has 2 aromatic carbocycles. The Labute approximate surface area is 184 Å². The molecule has 0 radical (unpaired) electrons. The molecule has 160 valence electrons. The van der Waals surface area contributed by atoms with Crippen molar-refractivity contribution < 1.29 is 9.59 Å². The molecular weight excluding hydrogens is 396 g/mol. The monoisotopic (exact) mass is 426 g/mol. The molecule has 1 fully saturated rings. The molecule has 4 nitrogen and oxygen atoms in total. The van der Waals surface area contributed by atoms with E-state index in [9.17, 15) is 9.59 Å². The summed E-state index contributed by atoms with van der Waals surface area (Å²) in [4.78, 5) is 27.9. The zero-order valence-electron chi connectivity index (χ0n) is 17.9. The molecule has 0 spiro atoms. The molecule has 0 saturated heterocycles. The van der Waals surface area contributed by atoms with Gasteiger partial charge in [-0.15, -0.1) is 0 Å². The number of hydrogen-bond acceptors (Lipinski definition) is 2. The Balaban J connectivity index is 1.75. The molecule has 1 saturated carbocycles. The number of rotatable bonds is 7. The lowest BCUT2D eigenvalue weighted by molar-refractivity contribution is -0.140. The first-order valence-electron chi connectivity index (χ1n) is 10.8. The topological polar surface area (TPSA) is 49.4 Å². The Morgan fingerprint density at radius 1 is 1.07 bits per heavy atom. The molecule has 2 amide bonds. The van der Waals surface area contributed by atoms with Gasteiger partial charge in [0, 0.05) is 17.6 Å². The second-order valence-corrected chi connectivity index (χ2v) is 8.77. The summed E-state index contributed by atoms with van der Waals surface area (Å²) in [5.74, 6) is -0.147. The van der Waals surface area contributed by atoms with Gasteiger partial charge in [0.05, 0.1) is 6.42 Å². The highest BCUT2D eigenvalue weighted by atomic mass is 35.5. The fourth-order valence-electron chi connectivity index (χ4n) is 3.97. The van der Waals surface area contributed by atoms with Gasteiger partial charge in [-0.2, -0.15) is 0 Å². The zero-order valence-corrected chi connectivity index (χ0v) is 18.6. The number of aryl methyl sites for hydroxylation is 1. The summed E-state index contributed by atoms with van der Waals surface area (Å²) >= 11 is 6.14. The first kappa shape index (κ1) is 22.4. The molecule has 0 aromatic heterocycles.